The molecule has 4 rings (SSSR count). The van der Waals surface area contributed by atoms with Gasteiger partial charge in [0.1, 0.15) is 0 Å². The van der Waals surface area contributed by atoms with Crippen LogP contribution in [0.2, 0.25) is 0 Å². The molecule has 34 heavy (non-hydrogen) atoms. The van der Waals surface area contributed by atoms with Crippen LogP contribution in [0.15, 0.2) is 91.0 Å². The van der Waals surface area contributed by atoms with Gasteiger partial charge in [-0.1, -0.05) is 60.2 Å². The van der Waals surface area contributed by atoms with Crippen LogP contribution in [0, 0.1) is 20.8 Å². The van der Waals surface area contributed by atoms with Crippen molar-refractivity contribution in [1.29, 1.82) is 0 Å². The number of rotatable bonds is 5. The predicted octanol–water partition coefficient (Wildman–Crippen LogP) is 8.96. The molecule has 172 valence electrons. The van der Waals surface area contributed by atoms with E-state index in [1.165, 1.54) is 23.3 Å². The summed E-state index contributed by atoms with van der Waals surface area (Å²) in [5, 5.41) is 3.40. The molecule has 0 saturated carbocycles. The van der Waals surface area contributed by atoms with Crippen molar-refractivity contribution in [3.63, 3.8) is 0 Å². The molecule has 0 heterocycles. The summed E-state index contributed by atoms with van der Waals surface area (Å²) in [6.07, 6.45) is -2.46. The third kappa shape index (κ3) is 5.57. The monoisotopic (exact) mass is 457 g/mol. The molecule has 4 heteroatoms. The van der Waals surface area contributed by atoms with Crippen LogP contribution in [0.5, 0.6) is 0 Å². The molecule has 0 aliphatic carbocycles. The van der Waals surface area contributed by atoms with Gasteiger partial charge in [0.05, 0.1) is 5.56 Å². The lowest BCUT2D eigenvalue weighted by Gasteiger charge is -2.13. The van der Waals surface area contributed by atoms with E-state index in [1.54, 1.807) is 6.07 Å². The van der Waals surface area contributed by atoms with Crippen molar-refractivity contribution >= 4 is 23.0 Å². The second-order valence-corrected chi connectivity index (χ2v) is 8.55. The van der Waals surface area contributed by atoms with Crippen LogP contribution in [0.4, 0.5) is 24.5 Å². The molecular formula is C30H26F3N. The molecule has 0 aliphatic rings. The van der Waals surface area contributed by atoms with E-state index in [1.807, 2.05) is 67.6 Å². The summed E-state index contributed by atoms with van der Waals surface area (Å²) in [6, 6.07) is 27.4. The van der Waals surface area contributed by atoms with Crippen molar-refractivity contribution in [2.24, 2.45) is 0 Å². The maximum absolute atomic E-state index is 13.4. The largest absolute Gasteiger partial charge is 0.416 e. The van der Waals surface area contributed by atoms with Gasteiger partial charge in [0, 0.05) is 11.4 Å². The zero-order chi connectivity index (χ0) is 24.3. The summed E-state index contributed by atoms with van der Waals surface area (Å²) < 4.78 is 40.1. The van der Waals surface area contributed by atoms with Gasteiger partial charge in [-0.25, -0.2) is 0 Å². The molecule has 0 unspecified atom stereocenters. The molecule has 4 aromatic rings. The molecule has 0 atom stereocenters. The Kier molecular flexibility index (Phi) is 6.60. The van der Waals surface area contributed by atoms with E-state index in [0.29, 0.717) is 5.56 Å². The Morgan fingerprint density at radius 2 is 1.35 bits per heavy atom. The number of halogens is 3. The van der Waals surface area contributed by atoms with Crippen LogP contribution in [-0.4, -0.2) is 0 Å². The molecular weight excluding hydrogens is 431 g/mol. The normalized spacial score (nSPS) is 12.0. The van der Waals surface area contributed by atoms with Crippen molar-refractivity contribution in [2.45, 2.75) is 26.9 Å². The Balaban J connectivity index is 1.69. The zero-order valence-corrected chi connectivity index (χ0v) is 19.4. The Labute approximate surface area is 198 Å². The number of alkyl halides is 3. The van der Waals surface area contributed by atoms with Gasteiger partial charge in [-0.05, 0) is 96.6 Å². The summed E-state index contributed by atoms with van der Waals surface area (Å²) in [4.78, 5) is 0. The fourth-order valence-corrected chi connectivity index (χ4v) is 3.74. The molecule has 0 aliphatic heterocycles. The smallest absolute Gasteiger partial charge is 0.356 e. The van der Waals surface area contributed by atoms with Gasteiger partial charge >= 0.3 is 6.18 Å². The molecule has 0 radical (unpaired) electrons. The first-order valence-corrected chi connectivity index (χ1v) is 11.1. The van der Waals surface area contributed by atoms with Crippen LogP contribution in [0.3, 0.4) is 0 Å². The number of hydrogen-bond donors (Lipinski definition) is 1. The molecule has 0 fully saturated rings. The summed E-state index contributed by atoms with van der Waals surface area (Å²) in [5.41, 5.74) is 7.87. The Hall–Kier alpha value is -3.79. The fraction of sp³-hybridized carbons (Fsp3) is 0.133. The lowest BCUT2D eigenvalue weighted by molar-refractivity contribution is -0.137. The highest BCUT2D eigenvalue weighted by Gasteiger charge is 2.30. The highest BCUT2D eigenvalue weighted by atomic mass is 19.4. The van der Waals surface area contributed by atoms with E-state index in [-0.39, 0.29) is 0 Å². The number of nitrogens with one attached hydrogen (secondary N) is 1. The van der Waals surface area contributed by atoms with Crippen LogP contribution in [0.25, 0.3) is 11.6 Å². The third-order valence-corrected chi connectivity index (χ3v) is 5.88. The fourth-order valence-electron chi connectivity index (χ4n) is 3.74. The second-order valence-electron chi connectivity index (χ2n) is 8.55. The van der Waals surface area contributed by atoms with Crippen LogP contribution in [0.1, 0.15) is 38.9 Å². The molecule has 1 nitrogen and oxygen atoms in total. The van der Waals surface area contributed by atoms with E-state index in [9.17, 15) is 13.2 Å². The van der Waals surface area contributed by atoms with Crippen molar-refractivity contribution < 1.29 is 13.2 Å². The van der Waals surface area contributed by atoms with Gasteiger partial charge in [0.25, 0.3) is 0 Å². The average molecular weight is 458 g/mol. The first-order valence-electron chi connectivity index (χ1n) is 11.1. The van der Waals surface area contributed by atoms with Gasteiger partial charge in [0.2, 0.25) is 0 Å². The van der Waals surface area contributed by atoms with Gasteiger partial charge < -0.3 is 5.32 Å². The molecule has 4 aromatic carbocycles. The number of aryl methyl sites for hydroxylation is 3. The number of hydrogen-bond acceptors (Lipinski definition) is 1. The molecule has 0 saturated heterocycles. The van der Waals surface area contributed by atoms with E-state index in [4.69, 9.17) is 0 Å². The van der Waals surface area contributed by atoms with Gasteiger partial charge in [0.15, 0.2) is 0 Å². The third-order valence-electron chi connectivity index (χ3n) is 5.88. The molecule has 0 aromatic heterocycles. The summed E-state index contributed by atoms with van der Waals surface area (Å²) in [6.45, 7) is 6.14. The second kappa shape index (κ2) is 9.60. The van der Waals surface area contributed by atoms with Gasteiger partial charge in [-0.15, -0.1) is 0 Å². The molecule has 0 amide bonds. The first-order chi connectivity index (χ1) is 16.2. The van der Waals surface area contributed by atoms with Crippen molar-refractivity contribution in [3.05, 3.63) is 130 Å². The molecule has 0 bridgehead atoms. The van der Waals surface area contributed by atoms with Crippen LogP contribution in [-0.2, 0) is 6.18 Å². The van der Waals surface area contributed by atoms with Crippen molar-refractivity contribution in [1.82, 2.24) is 0 Å². The topological polar surface area (TPSA) is 12.0 Å². The van der Waals surface area contributed by atoms with Crippen LogP contribution >= 0.6 is 0 Å². The van der Waals surface area contributed by atoms with E-state index in [2.05, 4.69) is 31.3 Å². The highest BCUT2D eigenvalue weighted by Crippen LogP contribution is 2.33. The Morgan fingerprint density at radius 1 is 0.676 bits per heavy atom. The maximum atomic E-state index is 13.4. The standard InChI is InChI=1S/C30H26F3N/c1-20-7-12-24(13-8-20)29(25-5-4-6-26(19-25)30(31,32)33)18-23-10-15-27(16-11-23)34-28-14-9-21(2)22(3)17-28/h4-19,34H,1-3H3. The maximum Gasteiger partial charge on any atom is 0.416 e. The highest BCUT2D eigenvalue weighted by molar-refractivity contribution is 5.91. The minimum absolute atomic E-state index is 0.524. The van der Waals surface area contributed by atoms with Crippen LogP contribution < -0.4 is 5.32 Å². The van der Waals surface area contributed by atoms with Gasteiger partial charge in [-0.2, -0.15) is 13.2 Å². The Bertz CT molecular complexity index is 1310. The minimum Gasteiger partial charge on any atom is -0.356 e. The van der Waals surface area contributed by atoms with Crippen molar-refractivity contribution in [3.8, 4) is 0 Å². The quantitative estimate of drug-likeness (QED) is 0.295. The van der Waals surface area contributed by atoms with Gasteiger partial charge in [-0.3, -0.25) is 0 Å². The van der Waals surface area contributed by atoms with E-state index >= 15 is 0 Å². The summed E-state index contributed by atoms with van der Waals surface area (Å²) >= 11 is 0. The lowest BCUT2D eigenvalue weighted by atomic mass is 9.94. The number of anilines is 2. The van der Waals surface area contributed by atoms with E-state index < -0.39 is 11.7 Å². The molecule has 1 N–H and O–H groups in total. The minimum atomic E-state index is -4.39. The SMILES string of the molecule is Cc1ccc(C(=Cc2ccc(Nc3ccc(C)c(C)c3)cc2)c2cccc(C(F)(F)F)c2)cc1. The summed E-state index contributed by atoms with van der Waals surface area (Å²) in [7, 11) is 0. The predicted molar refractivity (Wildman–Crippen MR) is 135 cm³/mol. The summed E-state index contributed by atoms with van der Waals surface area (Å²) in [5.74, 6) is 0. The average Bonchev–Trinajstić information content (AvgIpc) is 2.81. The molecule has 0 spiro atoms. The van der Waals surface area contributed by atoms with E-state index in [0.717, 1.165) is 39.7 Å². The zero-order valence-electron chi connectivity index (χ0n) is 19.4. The lowest BCUT2D eigenvalue weighted by Crippen LogP contribution is -2.05. The first kappa shape index (κ1) is 23.4. The number of benzene rings is 4. The Morgan fingerprint density at radius 3 is 2.00 bits per heavy atom. The van der Waals surface area contributed by atoms with Crippen molar-refractivity contribution in [2.75, 3.05) is 5.32 Å².